The molecule has 0 saturated carbocycles. The summed E-state index contributed by atoms with van der Waals surface area (Å²) in [5.74, 6) is -0.0197. The van der Waals surface area contributed by atoms with E-state index < -0.39 is 11.9 Å². The van der Waals surface area contributed by atoms with Gasteiger partial charge in [-0.1, -0.05) is 0 Å². The second kappa shape index (κ2) is 8.67. The first-order valence-corrected chi connectivity index (χ1v) is 11.0. The smallest absolute Gasteiger partial charge is 0.255 e. The second-order valence-corrected chi connectivity index (χ2v) is 8.59. The normalized spacial score (nSPS) is 20.2. The minimum absolute atomic E-state index is 0.208. The van der Waals surface area contributed by atoms with Crippen LogP contribution in [0.5, 0.6) is 5.75 Å². The van der Waals surface area contributed by atoms with E-state index in [1.54, 1.807) is 42.5 Å². The Labute approximate surface area is 190 Å². The standard InChI is InChI=1S/C24H24N4O5/c29-21-8-7-20(23(31)27-21)28-12-16-9-17(3-6-19(16)24(28)32)26-22(30)15-1-4-18(5-2-15)33-13-14-10-25-11-14/h1-6,9,14,20,25H,7-8,10-13H2,(H,26,30)(H,27,29,31). The lowest BCUT2D eigenvalue weighted by atomic mass is 10.0. The minimum atomic E-state index is -0.665. The summed E-state index contributed by atoms with van der Waals surface area (Å²) in [6.45, 7) is 2.85. The molecule has 0 spiro atoms. The van der Waals surface area contributed by atoms with Crippen molar-refractivity contribution >= 4 is 29.3 Å². The monoisotopic (exact) mass is 448 g/mol. The lowest BCUT2D eigenvalue weighted by molar-refractivity contribution is -0.136. The number of anilines is 1. The molecule has 1 atom stereocenters. The quantitative estimate of drug-likeness (QED) is 0.574. The summed E-state index contributed by atoms with van der Waals surface area (Å²) >= 11 is 0. The van der Waals surface area contributed by atoms with Gasteiger partial charge in [0.15, 0.2) is 0 Å². The number of ether oxygens (including phenoxy) is 1. The van der Waals surface area contributed by atoms with Crippen LogP contribution < -0.4 is 20.7 Å². The number of nitrogens with one attached hydrogen (secondary N) is 3. The summed E-state index contributed by atoms with van der Waals surface area (Å²) in [5, 5.41) is 8.35. The summed E-state index contributed by atoms with van der Waals surface area (Å²) in [4.78, 5) is 50.5. The Hall–Kier alpha value is -3.72. The van der Waals surface area contributed by atoms with Crippen molar-refractivity contribution in [1.82, 2.24) is 15.5 Å². The van der Waals surface area contributed by atoms with Crippen LogP contribution in [-0.4, -0.2) is 54.3 Å². The molecule has 5 rings (SSSR count). The first-order chi connectivity index (χ1) is 16.0. The van der Waals surface area contributed by atoms with Crippen molar-refractivity contribution in [2.45, 2.75) is 25.4 Å². The third kappa shape index (κ3) is 4.31. The van der Waals surface area contributed by atoms with Crippen molar-refractivity contribution in [1.29, 1.82) is 0 Å². The number of amides is 4. The van der Waals surface area contributed by atoms with Gasteiger partial charge in [-0.2, -0.15) is 0 Å². The topological polar surface area (TPSA) is 117 Å². The van der Waals surface area contributed by atoms with E-state index >= 15 is 0 Å². The molecule has 9 heteroatoms. The Balaban J connectivity index is 1.22. The SMILES string of the molecule is O=C1CCC(N2Cc3cc(NC(=O)c4ccc(OCC5CNC5)cc4)ccc3C2=O)C(=O)N1. The van der Waals surface area contributed by atoms with Gasteiger partial charge in [0, 0.05) is 48.8 Å². The average Bonchev–Trinajstić information content (AvgIpc) is 3.08. The Kier molecular flexibility index (Phi) is 5.55. The van der Waals surface area contributed by atoms with E-state index in [9.17, 15) is 19.2 Å². The van der Waals surface area contributed by atoms with Crippen molar-refractivity contribution in [2.75, 3.05) is 25.0 Å². The summed E-state index contributed by atoms with van der Waals surface area (Å²) in [5.41, 5.74) is 2.29. The van der Waals surface area contributed by atoms with Gasteiger partial charge in [0.1, 0.15) is 11.8 Å². The molecule has 0 radical (unpaired) electrons. The molecule has 3 N–H and O–H groups in total. The third-order valence-corrected chi connectivity index (χ3v) is 6.25. The number of carbonyl (C=O) groups excluding carboxylic acids is 4. The minimum Gasteiger partial charge on any atom is -0.493 e. The maximum atomic E-state index is 12.8. The fourth-order valence-electron chi connectivity index (χ4n) is 4.24. The molecule has 0 aliphatic carbocycles. The molecule has 4 amide bonds. The molecule has 1 unspecified atom stereocenters. The first kappa shape index (κ1) is 21.1. The predicted molar refractivity (Wildman–Crippen MR) is 119 cm³/mol. The molecular formula is C24H24N4O5. The molecule has 170 valence electrons. The Morgan fingerprint density at radius 3 is 2.58 bits per heavy atom. The number of benzene rings is 2. The zero-order chi connectivity index (χ0) is 22.9. The molecule has 0 aromatic heterocycles. The van der Waals surface area contributed by atoms with Crippen molar-refractivity contribution < 1.29 is 23.9 Å². The number of hydrogen-bond donors (Lipinski definition) is 3. The zero-order valence-corrected chi connectivity index (χ0v) is 17.9. The van der Waals surface area contributed by atoms with Gasteiger partial charge < -0.3 is 20.3 Å². The van der Waals surface area contributed by atoms with Crippen LogP contribution in [0.3, 0.4) is 0 Å². The number of fused-ring (bicyclic) bond motifs is 1. The molecule has 33 heavy (non-hydrogen) atoms. The van der Waals surface area contributed by atoms with Gasteiger partial charge in [0.05, 0.1) is 6.61 Å². The zero-order valence-electron chi connectivity index (χ0n) is 17.9. The molecular weight excluding hydrogens is 424 g/mol. The highest BCUT2D eigenvalue weighted by atomic mass is 16.5. The first-order valence-electron chi connectivity index (χ1n) is 11.0. The predicted octanol–water partition coefficient (Wildman–Crippen LogP) is 1.30. The summed E-state index contributed by atoms with van der Waals surface area (Å²) in [6, 6.07) is 11.4. The average molecular weight is 448 g/mol. The lowest BCUT2D eigenvalue weighted by Crippen LogP contribution is -2.52. The van der Waals surface area contributed by atoms with Crippen LogP contribution >= 0.6 is 0 Å². The van der Waals surface area contributed by atoms with E-state index in [1.807, 2.05) is 0 Å². The molecule has 3 heterocycles. The van der Waals surface area contributed by atoms with E-state index in [0.29, 0.717) is 35.8 Å². The van der Waals surface area contributed by atoms with Crippen LogP contribution in [-0.2, 0) is 16.1 Å². The molecule has 9 nitrogen and oxygen atoms in total. The fourth-order valence-corrected chi connectivity index (χ4v) is 4.24. The van der Waals surface area contributed by atoms with Crippen LogP contribution in [0.4, 0.5) is 5.69 Å². The number of rotatable bonds is 6. The van der Waals surface area contributed by atoms with Crippen molar-refractivity contribution in [3.8, 4) is 5.75 Å². The Bertz CT molecular complexity index is 1130. The molecule has 2 aromatic carbocycles. The number of nitrogens with zero attached hydrogens (tertiary/aromatic N) is 1. The van der Waals surface area contributed by atoms with Crippen LogP contribution in [0.2, 0.25) is 0 Å². The largest absolute Gasteiger partial charge is 0.493 e. The van der Waals surface area contributed by atoms with E-state index in [1.165, 1.54) is 4.90 Å². The maximum Gasteiger partial charge on any atom is 0.255 e. The Morgan fingerprint density at radius 1 is 1.09 bits per heavy atom. The highest BCUT2D eigenvalue weighted by Gasteiger charge is 2.39. The fraction of sp³-hybridized carbons (Fsp3) is 0.333. The summed E-state index contributed by atoms with van der Waals surface area (Å²) < 4.78 is 5.74. The van der Waals surface area contributed by atoms with Gasteiger partial charge in [-0.05, 0) is 54.4 Å². The van der Waals surface area contributed by atoms with Gasteiger partial charge in [0.2, 0.25) is 11.8 Å². The van der Waals surface area contributed by atoms with Crippen LogP contribution in [0.15, 0.2) is 42.5 Å². The highest BCUT2D eigenvalue weighted by molar-refractivity contribution is 6.07. The third-order valence-electron chi connectivity index (χ3n) is 6.25. The molecule has 3 aliphatic heterocycles. The number of carbonyl (C=O) groups is 4. The van der Waals surface area contributed by atoms with Crippen LogP contribution in [0.1, 0.15) is 39.1 Å². The molecule has 3 aliphatic rings. The number of piperidine rings is 1. The van der Waals surface area contributed by atoms with Gasteiger partial charge in [-0.3, -0.25) is 24.5 Å². The van der Waals surface area contributed by atoms with E-state index in [-0.39, 0.29) is 30.7 Å². The maximum absolute atomic E-state index is 12.8. The van der Waals surface area contributed by atoms with E-state index in [2.05, 4.69) is 16.0 Å². The number of imide groups is 1. The second-order valence-electron chi connectivity index (χ2n) is 8.59. The highest BCUT2D eigenvalue weighted by Crippen LogP contribution is 2.29. The molecule has 2 aromatic rings. The molecule has 2 fully saturated rings. The van der Waals surface area contributed by atoms with Crippen molar-refractivity contribution in [2.24, 2.45) is 5.92 Å². The van der Waals surface area contributed by atoms with E-state index in [4.69, 9.17) is 4.74 Å². The van der Waals surface area contributed by atoms with E-state index in [0.717, 1.165) is 24.4 Å². The van der Waals surface area contributed by atoms with Crippen LogP contribution in [0, 0.1) is 5.92 Å². The Morgan fingerprint density at radius 2 is 1.88 bits per heavy atom. The van der Waals surface area contributed by atoms with Crippen molar-refractivity contribution in [3.05, 3.63) is 59.2 Å². The van der Waals surface area contributed by atoms with Crippen molar-refractivity contribution in [3.63, 3.8) is 0 Å². The van der Waals surface area contributed by atoms with Gasteiger partial charge in [-0.25, -0.2) is 0 Å². The van der Waals surface area contributed by atoms with Gasteiger partial charge >= 0.3 is 0 Å². The van der Waals surface area contributed by atoms with Crippen LogP contribution in [0.25, 0.3) is 0 Å². The summed E-state index contributed by atoms with van der Waals surface area (Å²) in [6.07, 6.45) is 0.519. The number of hydrogen-bond acceptors (Lipinski definition) is 6. The van der Waals surface area contributed by atoms with Gasteiger partial charge in [0.25, 0.3) is 11.8 Å². The lowest BCUT2D eigenvalue weighted by Gasteiger charge is -2.29. The summed E-state index contributed by atoms with van der Waals surface area (Å²) in [7, 11) is 0. The molecule has 0 bridgehead atoms. The molecule has 2 saturated heterocycles. The van der Waals surface area contributed by atoms with Gasteiger partial charge in [-0.15, -0.1) is 0 Å².